The molecular formula is C6H16MgO2. The second-order valence-electron chi connectivity index (χ2n) is 2.33. The van der Waals surface area contributed by atoms with Crippen molar-refractivity contribution in [3.05, 3.63) is 0 Å². The number of rotatable bonds is 3. The summed E-state index contributed by atoms with van der Waals surface area (Å²) < 4.78 is 4.86. The van der Waals surface area contributed by atoms with E-state index in [1.807, 2.05) is 13.8 Å². The minimum absolute atomic E-state index is 0. The van der Waals surface area contributed by atoms with E-state index in [0.717, 1.165) is 0 Å². The molecule has 54 valence electrons. The Morgan fingerprint density at radius 1 is 1.44 bits per heavy atom. The van der Waals surface area contributed by atoms with Gasteiger partial charge in [-0.2, -0.15) is 0 Å². The first kappa shape index (κ1) is 12.4. The summed E-state index contributed by atoms with van der Waals surface area (Å²) >= 11 is 0. The molecule has 1 unspecified atom stereocenters. The number of aliphatic hydroxyl groups excluding tert-OH is 1. The zero-order valence-electron chi connectivity index (χ0n) is 8.42. The zero-order valence-corrected chi connectivity index (χ0v) is 7.84. The number of aliphatic hydroxyl groups is 1. The van der Waals surface area contributed by atoms with Crippen LogP contribution in [-0.4, -0.2) is 41.1 Å². The van der Waals surface area contributed by atoms with Gasteiger partial charge in [-0.25, -0.2) is 0 Å². The van der Waals surface area contributed by atoms with Crippen molar-refractivity contribution in [1.82, 2.24) is 0 Å². The van der Waals surface area contributed by atoms with Crippen LogP contribution in [0.15, 0.2) is 0 Å². The van der Waals surface area contributed by atoms with Crippen molar-refractivity contribution in [2.24, 2.45) is 5.92 Å². The Morgan fingerprint density at radius 3 is 2.00 bits per heavy atom. The molecular weight excluding hydrogens is 128 g/mol. The third-order valence-corrected chi connectivity index (χ3v) is 0.671. The van der Waals surface area contributed by atoms with E-state index in [9.17, 15) is 0 Å². The molecule has 2 nitrogen and oxygen atoms in total. The summed E-state index contributed by atoms with van der Waals surface area (Å²) in [6.45, 7) is 6.34. The summed E-state index contributed by atoms with van der Waals surface area (Å²) in [6, 6.07) is 0. The van der Waals surface area contributed by atoms with Crippen molar-refractivity contribution >= 4 is 23.1 Å². The van der Waals surface area contributed by atoms with Gasteiger partial charge < -0.3 is 12.7 Å². The molecule has 1 N–H and O–H groups in total. The number of hydrogen-bond acceptors (Lipinski definition) is 2. The third-order valence-electron chi connectivity index (χ3n) is 0.671. The SMILES string of the molecule is CC(C)COC(C)O.[H-].[H-].[Mg+2]. The van der Waals surface area contributed by atoms with Crippen LogP contribution in [0.2, 0.25) is 0 Å². The second-order valence-corrected chi connectivity index (χ2v) is 2.33. The largest absolute Gasteiger partial charge is 2.00 e. The van der Waals surface area contributed by atoms with Gasteiger partial charge in [0.15, 0.2) is 6.29 Å². The van der Waals surface area contributed by atoms with Gasteiger partial charge in [0, 0.05) is 0 Å². The zero-order chi connectivity index (χ0) is 6.57. The van der Waals surface area contributed by atoms with Gasteiger partial charge in [0.2, 0.25) is 0 Å². The van der Waals surface area contributed by atoms with Crippen molar-refractivity contribution in [2.45, 2.75) is 27.1 Å². The number of hydrogen-bond donors (Lipinski definition) is 1. The first-order chi connectivity index (χ1) is 3.63. The van der Waals surface area contributed by atoms with E-state index < -0.39 is 6.29 Å². The molecule has 0 spiro atoms. The Labute approximate surface area is 75.7 Å². The molecule has 0 bridgehead atoms. The molecule has 0 fully saturated rings. The first-order valence-electron chi connectivity index (χ1n) is 2.92. The average Bonchev–Trinajstić information content (AvgIpc) is 1.61. The summed E-state index contributed by atoms with van der Waals surface area (Å²) in [7, 11) is 0. The topological polar surface area (TPSA) is 29.5 Å². The summed E-state index contributed by atoms with van der Waals surface area (Å²) in [4.78, 5) is 0. The summed E-state index contributed by atoms with van der Waals surface area (Å²) in [5, 5.41) is 8.58. The quantitative estimate of drug-likeness (QED) is 0.470. The Bertz CT molecular complexity index is 54.5. The van der Waals surface area contributed by atoms with Crippen molar-refractivity contribution in [1.29, 1.82) is 0 Å². The van der Waals surface area contributed by atoms with Crippen LogP contribution in [0.1, 0.15) is 23.6 Å². The maximum atomic E-state index is 8.58. The van der Waals surface area contributed by atoms with Crippen LogP contribution in [0.4, 0.5) is 0 Å². The van der Waals surface area contributed by atoms with Gasteiger partial charge in [-0.1, -0.05) is 13.8 Å². The Kier molecular flexibility index (Phi) is 9.35. The molecule has 0 aliphatic heterocycles. The molecule has 0 saturated heterocycles. The van der Waals surface area contributed by atoms with E-state index in [1.165, 1.54) is 0 Å². The van der Waals surface area contributed by atoms with Gasteiger partial charge in [0.05, 0.1) is 6.61 Å². The van der Waals surface area contributed by atoms with E-state index >= 15 is 0 Å². The molecule has 0 radical (unpaired) electrons. The molecule has 0 saturated carbocycles. The van der Waals surface area contributed by atoms with Crippen LogP contribution >= 0.6 is 0 Å². The van der Waals surface area contributed by atoms with Gasteiger partial charge in [0.25, 0.3) is 0 Å². The predicted molar refractivity (Wildman–Crippen MR) is 40.4 cm³/mol. The fraction of sp³-hybridized carbons (Fsp3) is 1.00. The maximum absolute atomic E-state index is 8.58. The van der Waals surface area contributed by atoms with Crippen LogP contribution in [-0.2, 0) is 4.74 Å². The van der Waals surface area contributed by atoms with Crippen molar-refractivity contribution in [3.63, 3.8) is 0 Å². The first-order valence-corrected chi connectivity index (χ1v) is 2.92. The van der Waals surface area contributed by atoms with Crippen molar-refractivity contribution in [3.8, 4) is 0 Å². The van der Waals surface area contributed by atoms with Crippen LogP contribution in [0.5, 0.6) is 0 Å². The summed E-state index contributed by atoms with van der Waals surface area (Å²) in [6.07, 6.45) is -0.614. The van der Waals surface area contributed by atoms with Gasteiger partial charge >= 0.3 is 23.1 Å². The monoisotopic (exact) mass is 144 g/mol. The Balaban J connectivity index is -0.0000000817. The van der Waals surface area contributed by atoms with Crippen molar-refractivity contribution < 1.29 is 12.7 Å². The van der Waals surface area contributed by atoms with E-state index in [0.29, 0.717) is 12.5 Å². The molecule has 0 amide bonds. The molecule has 0 aromatic rings. The Morgan fingerprint density at radius 2 is 1.89 bits per heavy atom. The third kappa shape index (κ3) is 12.0. The van der Waals surface area contributed by atoms with Crippen LogP contribution in [0, 0.1) is 5.92 Å². The van der Waals surface area contributed by atoms with Crippen molar-refractivity contribution in [2.75, 3.05) is 6.61 Å². The Hall–Kier alpha value is 0.686. The predicted octanol–water partition coefficient (Wildman–Crippen LogP) is 0.841. The van der Waals surface area contributed by atoms with E-state index in [1.54, 1.807) is 6.92 Å². The molecule has 9 heavy (non-hydrogen) atoms. The molecule has 0 aliphatic carbocycles. The standard InChI is InChI=1S/C6H14O2.Mg.2H/c1-5(2)4-8-6(3)7;;;/h5-7H,4H2,1-3H3;;;/q;+2;2*-1. The molecule has 0 aromatic carbocycles. The van der Waals surface area contributed by atoms with Gasteiger partial charge in [-0.05, 0) is 12.8 Å². The minimum Gasteiger partial charge on any atom is -1.00 e. The van der Waals surface area contributed by atoms with E-state index in [-0.39, 0.29) is 25.9 Å². The van der Waals surface area contributed by atoms with Gasteiger partial charge in [0.1, 0.15) is 0 Å². The average molecular weight is 144 g/mol. The molecule has 0 heterocycles. The molecule has 1 atom stereocenters. The van der Waals surface area contributed by atoms with Gasteiger partial charge in [-0.15, -0.1) is 0 Å². The maximum Gasteiger partial charge on any atom is 2.00 e. The smallest absolute Gasteiger partial charge is 1.00 e. The fourth-order valence-electron chi connectivity index (χ4n) is 0.332. The molecule has 3 heteroatoms. The fourth-order valence-corrected chi connectivity index (χ4v) is 0.332. The molecule has 0 aliphatic rings. The summed E-state index contributed by atoms with van der Waals surface area (Å²) in [5.41, 5.74) is 0. The summed E-state index contributed by atoms with van der Waals surface area (Å²) in [5.74, 6) is 0.504. The molecule has 0 aromatic heterocycles. The molecule has 0 rings (SSSR count). The van der Waals surface area contributed by atoms with Crippen LogP contribution in [0.25, 0.3) is 0 Å². The van der Waals surface area contributed by atoms with Gasteiger partial charge in [-0.3, -0.25) is 0 Å². The van der Waals surface area contributed by atoms with E-state index in [2.05, 4.69) is 0 Å². The second kappa shape index (κ2) is 6.80. The van der Waals surface area contributed by atoms with E-state index in [4.69, 9.17) is 9.84 Å². The minimum atomic E-state index is -0.614. The number of ether oxygens (including phenoxy) is 1. The van der Waals surface area contributed by atoms with Crippen LogP contribution < -0.4 is 0 Å². The van der Waals surface area contributed by atoms with Crippen LogP contribution in [0.3, 0.4) is 0 Å². The normalized spacial score (nSPS) is 13.0.